The number of amides is 1. The Kier molecular flexibility index (Phi) is 6.21. The van der Waals surface area contributed by atoms with Crippen LogP contribution in [0.5, 0.6) is 0 Å². The van der Waals surface area contributed by atoms with Crippen LogP contribution in [0, 0.1) is 0 Å². The standard InChI is InChI=1S/C20H36N4O3/c1-2-21-11-13-22(14-12-21)7-3-8-24-17-20(27-19(24)25)5-9-23(10-6-20)18-4-15-26-16-18/h18H,2-17H2,1H3/t18-/m1/s1. The van der Waals surface area contributed by atoms with E-state index < -0.39 is 0 Å². The number of rotatable bonds is 6. The maximum Gasteiger partial charge on any atom is 0.410 e. The SMILES string of the molecule is CCN1CCN(CCCN2CC3(CCN([C@@H]4CCOC4)CC3)OC2=O)CC1. The second-order valence-electron chi connectivity index (χ2n) is 8.66. The molecule has 1 spiro atoms. The molecule has 4 rings (SSSR count). The number of likely N-dealkylation sites (N-methyl/N-ethyl adjacent to an activating group) is 1. The first-order valence-electron chi connectivity index (χ1n) is 10.9. The van der Waals surface area contributed by atoms with Crippen molar-refractivity contribution in [2.24, 2.45) is 0 Å². The number of ether oxygens (including phenoxy) is 2. The van der Waals surface area contributed by atoms with Crippen LogP contribution in [0.4, 0.5) is 4.79 Å². The Morgan fingerprint density at radius 3 is 2.44 bits per heavy atom. The molecule has 0 aromatic rings. The Morgan fingerprint density at radius 1 is 1.04 bits per heavy atom. The fraction of sp³-hybridized carbons (Fsp3) is 0.950. The number of carbonyl (C=O) groups is 1. The molecule has 1 atom stereocenters. The van der Waals surface area contributed by atoms with Crippen molar-refractivity contribution in [2.75, 3.05) is 78.7 Å². The molecule has 4 fully saturated rings. The number of nitrogens with zero attached hydrogens (tertiary/aromatic N) is 4. The Morgan fingerprint density at radius 2 is 1.78 bits per heavy atom. The van der Waals surface area contributed by atoms with Crippen molar-refractivity contribution in [1.29, 1.82) is 0 Å². The van der Waals surface area contributed by atoms with Gasteiger partial charge in [0.15, 0.2) is 0 Å². The summed E-state index contributed by atoms with van der Waals surface area (Å²) in [4.78, 5) is 21.9. The van der Waals surface area contributed by atoms with E-state index in [4.69, 9.17) is 9.47 Å². The van der Waals surface area contributed by atoms with E-state index in [0.29, 0.717) is 6.04 Å². The predicted molar refractivity (Wildman–Crippen MR) is 104 cm³/mol. The van der Waals surface area contributed by atoms with Gasteiger partial charge < -0.3 is 24.2 Å². The maximum absolute atomic E-state index is 12.4. The number of piperazine rings is 1. The molecule has 0 aliphatic carbocycles. The first-order valence-corrected chi connectivity index (χ1v) is 10.9. The third-order valence-corrected chi connectivity index (χ3v) is 6.99. The molecular weight excluding hydrogens is 344 g/mol. The van der Waals surface area contributed by atoms with E-state index >= 15 is 0 Å². The highest BCUT2D eigenvalue weighted by atomic mass is 16.6. The lowest BCUT2D eigenvalue weighted by atomic mass is 9.90. The smallest absolute Gasteiger partial charge is 0.410 e. The van der Waals surface area contributed by atoms with Crippen LogP contribution in [0.1, 0.15) is 32.6 Å². The third kappa shape index (κ3) is 4.58. The van der Waals surface area contributed by atoms with Crippen molar-refractivity contribution in [3.63, 3.8) is 0 Å². The van der Waals surface area contributed by atoms with Gasteiger partial charge in [0.05, 0.1) is 13.2 Å². The maximum atomic E-state index is 12.4. The van der Waals surface area contributed by atoms with E-state index in [2.05, 4.69) is 21.6 Å². The van der Waals surface area contributed by atoms with Gasteiger partial charge in [0, 0.05) is 71.3 Å². The summed E-state index contributed by atoms with van der Waals surface area (Å²) in [5, 5.41) is 0. The van der Waals surface area contributed by atoms with Crippen molar-refractivity contribution in [1.82, 2.24) is 19.6 Å². The average molecular weight is 381 g/mol. The molecule has 0 radical (unpaired) electrons. The average Bonchev–Trinajstić information content (AvgIpc) is 3.32. The Balaban J connectivity index is 1.18. The van der Waals surface area contributed by atoms with Crippen molar-refractivity contribution in [2.45, 2.75) is 44.2 Å². The van der Waals surface area contributed by atoms with E-state index in [1.54, 1.807) is 0 Å². The summed E-state index contributed by atoms with van der Waals surface area (Å²) in [6, 6.07) is 0.573. The zero-order chi connectivity index (χ0) is 18.7. The zero-order valence-electron chi connectivity index (χ0n) is 16.9. The molecule has 0 bridgehead atoms. The van der Waals surface area contributed by atoms with Crippen molar-refractivity contribution in [3.05, 3.63) is 0 Å². The first-order chi connectivity index (χ1) is 13.2. The van der Waals surface area contributed by atoms with Gasteiger partial charge in [-0.25, -0.2) is 4.79 Å². The number of hydrogen-bond donors (Lipinski definition) is 0. The van der Waals surface area contributed by atoms with Gasteiger partial charge in [-0.05, 0) is 25.9 Å². The van der Waals surface area contributed by atoms with E-state index in [1.165, 1.54) is 13.1 Å². The Bertz CT molecular complexity index is 495. The Labute approximate surface area is 163 Å². The molecule has 0 unspecified atom stereocenters. The molecule has 7 heteroatoms. The highest BCUT2D eigenvalue weighted by Crippen LogP contribution is 2.34. The largest absolute Gasteiger partial charge is 0.441 e. The molecule has 0 aromatic carbocycles. The summed E-state index contributed by atoms with van der Waals surface area (Å²) < 4.78 is 11.4. The van der Waals surface area contributed by atoms with Gasteiger partial charge in [-0.2, -0.15) is 0 Å². The summed E-state index contributed by atoms with van der Waals surface area (Å²) in [5.74, 6) is 0. The molecule has 0 aromatic heterocycles. The summed E-state index contributed by atoms with van der Waals surface area (Å²) in [5.41, 5.74) is -0.236. The van der Waals surface area contributed by atoms with Crippen molar-refractivity contribution in [3.8, 4) is 0 Å². The van der Waals surface area contributed by atoms with Crippen LogP contribution in [0.2, 0.25) is 0 Å². The molecule has 0 saturated carbocycles. The lowest BCUT2D eigenvalue weighted by molar-refractivity contribution is -0.0111. The van der Waals surface area contributed by atoms with E-state index in [1.807, 2.05) is 4.90 Å². The second-order valence-corrected chi connectivity index (χ2v) is 8.66. The number of likely N-dealkylation sites (tertiary alicyclic amines) is 1. The second kappa shape index (κ2) is 8.64. The highest BCUT2D eigenvalue weighted by molar-refractivity contribution is 5.70. The van der Waals surface area contributed by atoms with Gasteiger partial charge >= 0.3 is 6.09 Å². The highest BCUT2D eigenvalue weighted by Gasteiger charge is 2.47. The van der Waals surface area contributed by atoms with Gasteiger partial charge in [0.1, 0.15) is 5.60 Å². The normalized spacial score (nSPS) is 30.3. The van der Waals surface area contributed by atoms with E-state index in [0.717, 1.165) is 91.3 Å². The first kappa shape index (κ1) is 19.4. The Hall–Kier alpha value is -0.890. The van der Waals surface area contributed by atoms with Crippen LogP contribution in [0.3, 0.4) is 0 Å². The molecule has 4 aliphatic rings. The lowest BCUT2D eigenvalue weighted by Crippen LogP contribution is -2.50. The van der Waals surface area contributed by atoms with Crippen molar-refractivity contribution >= 4 is 6.09 Å². The van der Waals surface area contributed by atoms with Crippen LogP contribution >= 0.6 is 0 Å². The van der Waals surface area contributed by atoms with E-state index in [-0.39, 0.29) is 11.7 Å². The molecule has 27 heavy (non-hydrogen) atoms. The zero-order valence-corrected chi connectivity index (χ0v) is 16.9. The summed E-state index contributed by atoms with van der Waals surface area (Å²) in [6.07, 6.45) is 4.02. The molecule has 4 heterocycles. The molecular formula is C20H36N4O3. The van der Waals surface area contributed by atoms with Crippen LogP contribution in [0.25, 0.3) is 0 Å². The van der Waals surface area contributed by atoms with Gasteiger partial charge in [-0.3, -0.25) is 4.90 Å². The van der Waals surface area contributed by atoms with Gasteiger partial charge in [0.2, 0.25) is 0 Å². The summed E-state index contributed by atoms with van der Waals surface area (Å²) >= 11 is 0. The molecule has 4 aliphatic heterocycles. The predicted octanol–water partition coefficient (Wildman–Crippen LogP) is 1.09. The van der Waals surface area contributed by atoms with Gasteiger partial charge in [-0.15, -0.1) is 0 Å². The number of piperidine rings is 1. The molecule has 7 nitrogen and oxygen atoms in total. The summed E-state index contributed by atoms with van der Waals surface area (Å²) in [6.45, 7) is 14.6. The fourth-order valence-corrected chi connectivity index (χ4v) is 5.05. The van der Waals surface area contributed by atoms with Gasteiger partial charge in [0.25, 0.3) is 0 Å². The minimum atomic E-state index is -0.236. The van der Waals surface area contributed by atoms with Crippen LogP contribution in [-0.4, -0.2) is 116 Å². The van der Waals surface area contributed by atoms with Crippen LogP contribution in [0.15, 0.2) is 0 Å². The lowest BCUT2D eigenvalue weighted by Gasteiger charge is -2.39. The monoisotopic (exact) mass is 380 g/mol. The minimum Gasteiger partial charge on any atom is -0.441 e. The fourth-order valence-electron chi connectivity index (χ4n) is 5.05. The molecule has 0 N–H and O–H groups in total. The van der Waals surface area contributed by atoms with Gasteiger partial charge in [-0.1, -0.05) is 6.92 Å². The quantitative estimate of drug-likeness (QED) is 0.688. The number of hydrogen-bond acceptors (Lipinski definition) is 6. The molecule has 4 saturated heterocycles. The number of carbonyl (C=O) groups excluding carboxylic acids is 1. The molecule has 1 amide bonds. The molecule has 154 valence electrons. The van der Waals surface area contributed by atoms with Crippen LogP contribution in [-0.2, 0) is 9.47 Å². The minimum absolute atomic E-state index is 0.0940. The van der Waals surface area contributed by atoms with E-state index in [9.17, 15) is 4.79 Å². The summed E-state index contributed by atoms with van der Waals surface area (Å²) in [7, 11) is 0. The third-order valence-electron chi connectivity index (χ3n) is 6.99. The topological polar surface area (TPSA) is 48.5 Å². The van der Waals surface area contributed by atoms with Crippen LogP contribution < -0.4 is 0 Å². The van der Waals surface area contributed by atoms with Crippen molar-refractivity contribution < 1.29 is 14.3 Å².